The standard InChI is InChI=1S/C13H18NO4/c1-9-10(4-6-15)2-3-11(8-14-13(17)18)12(9)5-7-16/h2-3,14-16H,1,4-8H2,(H,17,18). The molecule has 0 aromatic heterocycles. The molecule has 0 atom stereocenters. The van der Waals surface area contributed by atoms with E-state index in [4.69, 9.17) is 15.3 Å². The van der Waals surface area contributed by atoms with Gasteiger partial charge in [0, 0.05) is 19.8 Å². The van der Waals surface area contributed by atoms with Crippen molar-refractivity contribution in [2.45, 2.75) is 19.4 Å². The molecule has 1 radical (unpaired) electrons. The first-order valence-electron chi connectivity index (χ1n) is 5.74. The van der Waals surface area contributed by atoms with Crippen molar-refractivity contribution in [1.29, 1.82) is 0 Å². The largest absolute Gasteiger partial charge is 0.465 e. The normalized spacial score (nSPS) is 10.4. The first-order chi connectivity index (χ1) is 8.60. The summed E-state index contributed by atoms with van der Waals surface area (Å²) in [6.45, 7) is 4.15. The minimum atomic E-state index is -1.09. The maximum Gasteiger partial charge on any atom is 0.404 e. The number of hydrogen-bond donors (Lipinski definition) is 4. The van der Waals surface area contributed by atoms with Crippen LogP contribution in [-0.4, -0.2) is 34.6 Å². The average molecular weight is 252 g/mol. The Kier molecular flexibility index (Phi) is 5.61. The minimum absolute atomic E-state index is 0.0226. The van der Waals surface area contributed by atoms with Crippen molar-refractivity contribution in [2.24, 2.45) is 0 Å². The molecule has 0 spiro atoms. The van der Waals surface area contributed by atoms with Crippen molar-refractivity contribution < 1.29 is 20.1 Å². The Bertz CT molecular complexity index is 418. The Morgan fingerprint density at radius 1 is 1.17 bits per heavy atom. The van der Waals surface area contributed by atoms with Crippen LogP contribution in [0, 0.1) is 6.92 Å². The smallest absolute Gasteiger partial charge is 0.404 e. The molecule has 4 N–H and O–H groups in total. The average Bonchev–Trinajstić information content (AvgIpc) is 2.33. The van der Waals surface area contributed by atoms with Gasteiger partial charge in [0.05, 0.1) is 0 Å². The van der Waals surface area contributed by atoms with Crippen LogP contribution >= 0.6 is 0 Å². The topological polar surface area (TPSA) is 89.8 Å². The fourth-order valence-electron chi connectivity index (χ4n) is 1.90. The van der Waals surface area contributed by atoms with E-state index in [1.807, 2.05) is 6.07 Å². The monoisotopic (exact) mass is 252 g/mol. The maximum atomic E-state index is 10.5. The van der Waals surface area contributed by atoms with E-state index >= 15 is 0 Å². The van der Waals surface area contributed by atoms with E-state index < -0.39 is 6.09 Å². The van der Waals surface area contributed by atoms with Crippen molar-refractivity contribution in [2.75, 3.05) is 13.2 Å². The van der Waals surface area contributed by atoms with Crippen LogP contribution in [0.15, 0.2) is 12.1 Å². The molecule has 0 heterocycles. The van der Waals surface area contributed by atoms with Crippen LogP contribution in [0.4, 0.5) is 4.79 Å². The zero-order valence-electron chi connectivity index (χ0n) is 10.1. The summed E-state index contributed by atoms with van der Waals surface area (Å²) in [5.74, 6) is 0. The molecule has 0 saturated heterocycles. The van der Waals surface area contributed by atoms with Crippen LogP contribution < -0.4 is 5.32 Å². The highest BCUT2D eigenvalue weighted by atomic mass is 16.4. The van der Waals surface area contributed by atoms with E-state index in [-0.39, 0.29) is 19.8 Å². The second-order valence-corrected chi connectivity index (χ2v) is 3.95. The third-order valence-electron chi connectivity index (χ3n) is 2.80. The van der Waals surface area contributed by atoms with Crippen molar-refractivity contribution in [3.63, 3.8) is 0 Å². The summed E-state index contributed by atoms with van der Waals surface area (Å²) in [4.78, 5) is 10.5. The quantitative estimate of drug-likeness (QED) is 0.600. The van der Waals surface area contributed by atoms with Gasteiger partial charge in [0.2, 0.25) is 0 Å². The first kappa shape index (κ1) is 14.5. The van der Waals surface area contributed by atoms with Gasteiger partial charge < -0.3 is 20.6 Å². The Labute approximate surface area is 106 Å². The van der Waals surface area contributed by atoms with Crippen molar-refractivity contribution in [3.05, 3.63) is 41.3 Å². The maximum absolute atomic E-state index is 10.5. The molecular formula is C13H18NO4. The lowest BCUT2D eigenvalue weighted by Gasteiger charge is -2.15. The molecule has 18 heavy (non-hydrogen) atoms. The number of aliphatic hydroxyl groups excluding tert-OH is 2. The van der Waals surface area contributed by atoms with E-state index in [0.717, 1.165) is 22.3 Å². The van der Waals surface area contributed by atoms with E-state index in [2.05, 4.69) is 12.2 Å². The van der Waals surface area contributed by atoms with Crippen LogP contribution in [0.5, 0.6) is 0 Å². The third-order valence-corrected chi connectivity index (χ3v) is 2.80. The second-order valence-electron chi connectivity index (χ2n) is 3.95. The molecule has 0 saturated carbocycles. The summed E-state index contributed by atoms with van der Waals surface area (Å²) in [6.07, 6.45) is -0.159. The highest BCUT2D eigenvalue weighted by Gasteiger charge is 2.10. The van der Waals surface area contributed by atoms with Crippen LogP contribution in [0.2, 0.25) is 0 Å². The van der Waals surface area contributed by atoms with Gasteiger partial charge in [-0.2, -0.15) is 0 Å². The van der Waals surface area contributed by atoms with Gasteiger partial charge >= 0.3 is 6.09 Å². The molecule has 1 amide bonds. The molecule has 1 aromatic rings. The molecule has 0 bridgehead atoms. The SMILES string of the molecule is [CH2]c1c(CCO)ccc(CNC(=O)O)c1CCO. The van der Waals surface area contributed by atoms with Gasteiger partial charge in [-0.1, -0.05) is 12.1 Å². The highest BCUT2D eigenvalue weighted by Crippen LogP contribution is 2.20. The van der Waals surface area contributed by atoms with E-state index in [1.54, 1.807) is 6.07 Å². The number of rotatable bonds is 6. The molecule has 0 unspecified atom stereocenters. The molecule has 0 aliphatic heterocycles. The molecule has 0 aliphatic carbocycles. The van der Waals surface area contributed by atoms with Gasteiger partial charge in [0.15, 0.2) is 0 Å². The van der Waals surface area contributed by atoms with Gasteiger partial charge in [0.25, 0.3) is 0 Å². The number of carbonyl (C=O) groups is 1. The lowest BCUT2D eigenvalue weighted by Crippen LogP contribution is -2.21. The van der Waals surface area contributed by atoms with Crippen molar-refractivity contribution in [1.82, 2.24) is 5.32 Å². The van der Waals surface area contributed by atoms with Gasteiger partial charge in [-0.05, 0) is 42.0 Å². The highest BCUT2D eigenvalue weighted by molar-refractivity contribution is 5.64. The van der Waals surface area contributed by atoms with E-state index in [9.17, 15) is 4.79 Å². The molecular weight excluding hydrogens is 234 g/mol. The number of carboxylic acid groups (broad SMARTS) is 1. The molecule has 5 nitrogen and oxygen atoms in total. The Morgan fingerprint density at radius 2 is 1.78 bits per heavy atom. The van der Waals surface area contributed by atoms with Gasteiger partial charge in [0.1, 0.15) is 0 Å². The Hall–Kier alpha value is -1.59. The molecule has 0 aliphatic rings. The summed E-state index contributed by atoms with van der Waals surface area (Å²) < 4.78 is 0. The molecule has 1 rings (SSSR count). The van der Waals surface area contributed by atoms with E-state index in [1.165, 1.54) is 0 Å². The van der Waals surface area contributed by atoms with Crippen molar-refractivity contribution >= 4 is 6.09 Å². The van der Waals surface area contributed by atoms with Gasteiger partial charge in [-0.25, -0.2) is 4.79 Å². The zero-order valence-corrected chi connectivity index (χ0v) is 10.1. The summed E-state index contributed by atoms with van der Waals surface area (Å²) in [5.41, 5.74) is 3.33. The number of aliphatic hydroxyl groups is 2. The molecule has 5 heteroatoms. The summed E-state index contributed by atoms with van der Waals surface area (Å²) >= 11 is 0. The lowest BCUT2D eigenvalue weighted by atomic mass is 9.93. The predicted octanol–water partition coefficient (Wildman–Crippen LogP) is 0.706. The van der Waals surface area contributed by atoms with Crippen LogP contribution in [0.25, 0.3) is 0 Å². The number of amides is 1. The zero-order chi connectivity index (χ0) is 13.5. The number of benzene rings is 1. The van der Waals surface area contributed by atoms with Crippen LogP contribution in [0.1, 0.15) is 22.3 Å². The summed E-state index contributed by atoms with van der Waals surface area (Å²) in [7, 11) is 0. The predicted molar refractivity (Wildman–Crippen MR) is 67.3 cm³/mol. The van der Waals surface area contributed by atoms with E-state index in [0.29, 0.717) is 12.8 Å². The van der Waals surface area contributed by atoms with Crippen molar-refractivity contribution in [3.8, 4) is 0 Å². The van der Waals surface area contributed by atoms with Gasteiger partial charge in [-0.3, -0.25) is 0 Å². The fourth-order valence-corrected chi connectivity index (χ4v) is 1.90. The Balaban J connectivity index is 3.01. The lowest BCUT2D eigenvalue weighted by molar-refractivity contribution is 0.194. The Morgan fingerprint density at radius 3 is 2.33 bits per heavy atom. The minimum Gasteiger partial charge on any atom is -0.465 e. The molecule has 0 fully saturated rings. The fraction of sp³-hybridized carbons (Fsp3) is 0.385. The number of nitrogens with one attached hydrogen (secondary N) is 1. The molecule has 99 valence electrons. The summed E-state index contributed by atoms with van der Waals surface area (Å²) in [5, 5.41) is 28.9. The third kappa shape index (κ3) is 3.72. The van der Waals surface area contributed by atoms with Crippen LogP contribution in [0.3, 0.4) is 0 Å². The number of hydrogen-bond acceptors (Lipinski definition) is 3. The second kappa shape index (κ2) is 6.98. The molecule has 1 aromatic carbocycles. The summed E-state index contributed by atoms with van der Waals surface area (Å²) in [6, 6.07) is 3.64. The first-order valence-corrected chi connectivity index (χ1v) is 5.74. The van der Waals surface area contributed by atoms with Gasteiger partial charge in [-0.15, -0.1) is 0 Å². The van der Waals surface area contributed by atoms with Crippen LogP contribution in [-0.2, 0) is 19.4 Å².